The fourth-order valence-corrected chi connectivity index (χ4v) is 4.24. The van der Waals surface area contributed by atoms with E-state index in [0.717, 1.165) is 31.7 Å². The molecule has 3 rings (SSSR count). The number of amides is 1. The molecule has 1 atom stereocenters. The fourth-order valence-electron chi connectivity index (χ4n) is 2.37. The summed E-state index contributed by atoms with van der Waals surface area (Å²) >= 11 is 8.72. The highest BCUT2D eigenvalue weighted by Gasteiger charge is 2.28. The van der Waals surface area contributed by atoms with Gasteiger partial charge in [0, 0.05) is 29.3 Å². The minimum atomic E-state index is -0.580. The van der Waals surface area contributed by atoms with Gasteiger partial charge in [-0.3, -0.25) is 4.79 Å². The first-order valence-corrected chi connectivity index (χ1v) is 8.76. The number of nitrogens with two attached hydrogens (primary N) is 1. The zero-order valence-corrected chi connectivity index (χ0v) is 15.2. The van der Waals surface area contributed by atoms with Crippen LogP contribution >= 0.6 is 43.2 Å². The Kier molecular flexibility index (Phi) is 4.09. The molecule has 4 nitrogen and oxygen atoms in total. The number of carbonyl (C=O) groups excluding carboxylic acids is 1. The van der Waals surface area contributed by atoms with E-state index in [1.54, 1.807) is 11.3 Å². The van der Waals surface area contributed by atoms with Gasteiger partial charge in [-0.2, -0.15) is 0 Å². The number of benzene rings is 1. The van der Waals surface area contributed by atoms with E-state index in [-0.39, 0.29) is 5.91 Å². The zero-order chi connectivity index (χ0) is 15.1. The quantitative estimate of drug-likeness (QED) is 0.777. The first-order valence-electron chi connectivity index (χ1n) is 6.29. The maximum atomic E-state index is 11.6. The monoisotopic (exact) mass is 429 g/mol. The molecular formula is C14H13Br2N3OS. The van der Waals surface area contributed by atoms with Crippen molar-refractivity contribution in [3.63, 3.8) is 0 Å². The van der Waals surface area contributed by atoms with Crippen molar-refractivity contribution in [2.45, 2.75) is 12.6 Å². The molecule has 0 bridgehead atoms. The smallest absolute Gasteiger partial charge is 0.245 e. The summed E-state index contributed by atoms with van der Waals surface area (Å²) in [4.78, 5) is 13.8. The van der Waals surface area contributed by atoms with Crippen LogP contribution < -0.4 is 16.0 Å². The molecule has 0 aliphatic carbocycles. The topological polar surface area (TPSA) is 58.4 Å². The standard InChI is InChI=1S/C14H13Br2N3OS/c1-19(5-7-2-12(16)21-6-7)11-4-10-8(3-9(11)15)13(17)14(20)18-10/h2-4,6,13H,5,17H2,1H3,(H,18,20). The van der Waals surface area contributed by atoms with Crippen LogP contribution in [0.1, 0.15) is 17.2 Å². The molecule has 0 saturated carbocycles. The Bertz CT molecular complexity index is 716. The number of hydrogen-bond donors (Lipinski definition) is 2. The molecule has 1 aliphatic heterocycles. The summed E-state index contributed by atoms with van der Waals surface area (Å²) in [5, 5.41) is 4.95. The Morgan fingerprint density at radius 1 is 1.38 bits per heavy atom. The summed E-state index contributed by atoms with van der Waals surface area (Å²) in [7, 11) is 2.02. The molecule has 1 unspecified atom stereocenters. The van der Waals surface area contributed by atoms with Crippen molar-refractivity contribution in [1.82, 2.24) is 0 Å². The molecule has 0 radical (unpaired) electrons. The second-order valence-corrected chi connectivity index (χ2v) is 8.12. The van der Waals surface area contributed by atoms with Crippen molar-refractivity contribution >= 4 is 60.5 Å². The molecule has 21 heavy (non-hydrogen) atoms. The highest BCUT2D eigenvalue weighted by molar-refractivity contribution is 9.11. The van der Waals surface area contributed by atoms with Gasteiger partial charge >= 0.3 is 0 Å². The van der Waals surface area contributed by atoms with Crippen molar-refractivity contribution in [2.75, 3.05) is 17.3 Å². The van der Waals surface area contributed by atoms with Crippen molar-refractivity contribution in [1.29, 1.82) is 0 Å². The summed E-state index contributed by atoms with van der Waals surface area (Å²) < 4.78 is 2.06. The lowest BCUT2D eigenvalue weighted by Crippen LogP contribution is -2.19. The third-order valence-corrected chi connectivity index (χ3v) is 5.64. The molecule has 3 N–H and O–H groups in total. The van der Waals surface area contributed by atoms with Gasteiger partial charge in [-0.15, -0.1) is 11.3 Å². The van der Waals surface area contributed by atoms with Gasteiger partial charge in [0.2, 0.25) is 5.91 Å². The third kappa shape index (κ3) is 2.88. The van der Waals surface area contributed by atoms with E-state index in [2.05, 4.69) is 53.5 Å². The highest BCUT2D eigenvalue weighted by Crippen LogP contribution is 2.38. The van der Waals surface area contributed by atoms with Crippen LogP contribution in [0, 0.1) is 0 Å². The largest absolute Gasteiger partial charge is 0.369 e. The van der Waals surface area contributed by atoms with Crippen LogP contribution in [0.4, 0.5) is 11.4 Å². The van der Waals surface area contributed by atoms with Gasteiger partial charge < -0.3 is 16.0 Å². The van der Waals surface area contributed by atoms with Gasteiger partial charge in [0.05, 0.1) is 9.47 Å². The number of thiophene rings is 1. The lowest BCUT2D eigenvalue weighted by Gasteiger charge is -2.21. The minimum Gasteiger partial charge on any atom is -0.369 e. The summed E-state index contributed by atoms with van der Waals surface area (Å²) in [5.74, 6) is -0.154. The number of anilines is 2. The van der Waals surface area contributed by atoms with Crippen LogP contribution in [0.2, 0.25) is 0 Å². The number of fused-ring (bicyclic) bond motifs is 1. The van der Waals surface area contributed by atoms with E-state index in [9.17, 15) is 4.79 Å². The van der Waals surface area contributed by atoms with E-state index in [0.29, 0.717) is 0 Å². The fraction of sp³-hybridized carbons (Fsp3) is 0.214. The molecule has 7 heteroatoms. The average molecular weight is 431 g/mol. The molecule has 0 spiro atoms. The normalized spacial score (nSPS) is 16.8. The highest BCUT2D eigenvalue weighted by atomic mass is 79.9. The lowest BCUT2D eigenvalue weighted by molar-refractivity contribution is -0.116. The van der Waals surface area contributed by atoms with Crippen molar-refractivity contribution < 1.29 is 4.79 Å². The first-order chi connectivity index (χ1) is 9.95. The Labute approximate surface area is 143 Å². The molecule has 1 aromatic heterocycles. The van der Waals surface area contributed by atoms with Gasteiger partial charge in [-0.1, -0.05) is 0 Å². The number of hydrogen-bond acceptors (Lipinski definition) is 4. The summed E-state index contributed by atoms with van der Waals surface area (Å²) in [6, 6.07) is 5.42. The van der Waals surface area contributed by atoms with Gasteiger partial charge in [0.25, 0.3) is 0 Å². The van der Waals surface area contributed by atoms with Crippen LogP contribution in [0.3, 0.4) is 0 Å². The SMILES string of the molecule is CN(Cc1csc(Br)c1)c1cc2c(cc1Br)C(N)C(=O)N2. The third-order valence-electron chi connectivity index (χ3n) is 3.45. The predicted molar refractivity (Wildman–Crippen MR) is 93.8 cm³/mol. The van der Waals surface area contributed by atoms with Crippen molar-refractivity contribution in [2.24, 2.45) is 5.73 Å². The maximum absolute atomic E-state index is 11.6. The molecule has 0 saturated heterocycles. The molecule has 2 heterocycles. The Hall–Kier alpha value is -0.890. The summed E-state index contributed by atoms with van der Waals surface area (Å²) in [5.41, 5.74) is 9.75. The number of carbonyl (C=O) groups is 1. The number of halogens is 2. The molecule has 0 fully saturated rings. The maximum Gasteiger partial charge on any atom is 0.245 e. The van der Waals surface area contributed by atoms with Crippen LogP contribution in [-0.2, 0) is 11.3 Å². The molecular weight excluding hydrogens is 418 g/mol. The predicted octanol–water partition coefficient (Wildman–Crippen LogP) is 3.86. The lowest BCUT2D eigenvalue weighted by atomic mass is 10.1. The van der Waals surface area contributed by atoms with E-state index < -0.39 is 6.04 Å². The van der Waals surface area contributed by atoms with Crippen molar-refractivity contribution in [3.8, 4) is 0 Å². The van der Waals surface area contributed by atoms with Gasteiger partial charge in [-0.25, -0.2) is 0 Å². The second-order valence-electron chi connectivity index (χ2n) is 4.97. The van der Waals surface area contributed by atoms with Gasteiger partial charge in [-0.05, 0) is 61.0 Å². The zero-order valence-electron chi connectivity index (χ0n) is 11.2. The minimum absolute atomic E-state index is 0.154. The van der Waals surface area contributed by atoms with E-state index in [4.69, 9.17) is 5.73 Å². The van der Waals surface area contributed by atoms with E-state index >= 15 is 0 Å². The second kappa shape index (κ2) is 5.72. The Morgan fingerprint density at radius 2 is 2.14 bits per heavy atom. The van der Waals surface area contributed by atoms with Crippen molar-refractivity contribution in [3.05, 3.63) is 43.0 Å². The molecule has 1 amide bonds. The van der Waals surface area contributed by atoms with Gasteiger partial charge in [0.1, 0.15) is 6.04 Å². The summed E-state index contributed by atoms with van der Waals surface area (Å²) in [6.45, 7) is 0.791. The van der Waals surface area contributed by atoms with Crippen LogP contribution in [-0.4, -0.2) is 13.0 Å². The molecule has 2 aromatic rings. The first kappa shape index (κ1) is 15.0. The number of nitrogens with one attached hydrogen (secondary N) is 1. The number of nitrogens with zero attached hydrogens (tertiary/aromatic N) is 1. The molecule has 1 aliphatic rings. The van der Waals surface area contributed by atoms with Crippen LogP contribution in [0.5, 0.6) is 0 Å². The van der Waals surface area contributed by atoms with Crippen LogP contribution in [0.25, 0.3) is 0 Å². The number of rotatable bonds is 3. The van der Waals surface area contributed by atoms with Crippen LogP contribution in [0.15, 0.2) is 31.8 Å². The van der Waals surface area contributed by atoms with E-state index in [1.807, 2.05) is 19.2 Å². The van der Waals surface area contributed by atoms with E-state index in [1.165, 1.54) is 5.56 Å². The van der Waals surface area contributed by atoms with Gasteiger partial charge in [0.15, 0.2) is 0 Å². The molecule has 1 aromatic carbocycles. The summed E-state index contributed by atoms with van der Waals surface area (Å²) in [6.07, 6.45) is 0. The Balaban J connectivity index is 1.89. The molecule has 110 valence electrons. The average Bonchev–Trinajstić information content (AvgIpc) is 2.95. The Morgan fingerprint density at radius 3 is 2.81 bits per heavy atom.